The minimum absolute atomic E-state index is 0.154. The number of rotatable bonds is 5. The lowest BCUT2D eigenvalue weighted by atomic mass is 10.1. The summed E-state index contributed by atoms with van der Waals surface area (Å²) in [4.78, 5) is 14.8. The molecule has 0 radical (unpaired) electrons. The highest BCUT2D eigenvalue weighted by atomic mass is 16.2. The average molecular weight is 311 g/mol. The highest BCUT2D eigenvalue weighted by Crippen LogP contribution is 2.29. The smallest absolute Gasteiger partial charge is 0.254 e. The van der Waals surface area contributed by atoms with Gasteiger partial charge in [-0.3, -0.25) is 4.79 Å². The number of nitrogens with zero attached hydrogens (tertiary/aromatic N) is 3. The molecule has 1 saturated carbocycles. The van der Waals surface area contributed by atoms with Crippen LogP contribution in [-0.4, -0.2) is 33.2 Å². The molecule has 4 nitrogen and oxygen atoms in total. The minimum Gasteiger partial charge on any atom is -0.335 e. The van der Waals surface area contributed by atoms with Crippen molar-refractivity contribution in [1.82, 2.24) is 14.7 Å². The SMILES string of the molecule is Cc1cc(C)n(-c2ccc(C(=O)N(CC(C)C)C3CC3)cc2)n1. The Hall–Kier alpha value is -2.10. The number of hydrogen-bond acceptors (Lipinski definition) is 2. The summed E-state index contributed by atoms with van der Waals surface area (Å²) < 4.78 is 1.91. The number of benzene rings is 1. The molecule has 1 aliphatic carbocycles. The molecule has 0 unspecified atom stereocenters. The van der Waals surface area contributed by atoms with Crippen LogP contribution < -0.4 is 0 Å². The summed E-state index contributed by atoms with van der Waals surface area (Å²) in [7, 11) is 0. The minimum atomic E-state index is 0.154. The fourth-order valence-electron chi connectivity index (χ4n) is 2.98. The third-order valence-electron chi connectivity index (χ3n) is 4.18. The van der Waals surface area contributed by atoms with Gasteiger partial charge in [-0.05, 0) is 62.9 Å². The van der Waals surface area contributed by atoms with Gasteiger partial charge in [0.25, 0.3) is 5.91 Å². The largest absolute Gasteiger partial charge is 0.335 e. The molecule has 1 amide bonds. The van der Waals surface area contributed by atoms with Crippen LogP contribution in [0.15, 0.2) is 30.3 Å². The molecule has 1 heterocycles. The predicted molar refractivity (Wildman–Crippen MR) is 91.9 cm³/mol. The fraction of sp³-hybridized carbons (Fsp3) is 0.474. The predicted octanol–water partition coefficient (Wildman–Crippen LogP) is 3.75. The number of amides is 1. The number of hydrogen-bond donors (Lipinski definition) is 0. The highest BCUT2D eigenvalue weighted by Gasteiger charge is 2.33. The zero-order valence-electron chi connectivity index (χ0n) is 14.4. The van der Waals surface area contributed by atoms with Gasteiger partial charge in [0.2, 0.25) is 0 Å². The summed E-state index contributed by atoms with van der Waals surface area (Å²) >= 11 is 0. The van der Waals surface area contributed by atoms with Crippen molar-refractivity contribution in [3.63, 3.8) is 0 Å². The topological polar surface area (TPSA) is 38.1 Å². The van der Waals surface area contributed by atoms with Gasteiger partial charge in [-0.1, -0.05) is 13.8 Å². The van der Waals surface area contributed by atoms with Gasteiger partial charge in [0.15, 0.2) is 0 Å². The van der Waals surface area contributed by atoms with Crippen LogP contribution in [0.5, 0.6) is 0 Å². The van der Waals surface area contributed by atoms with Crippen molar-refractivity contribution in [3.8, 4) is 5.69 Å². The van der Waals surface area contributed by atoms with Crippen LogP contribution >= 0.6 is 0 Å². The maximum absolute atomic E-state index is 12.8. The molecule has 1 aromatic heterocycles. The van der Waals surface area contributed by atoms with Crippen LogP contribution in [0.4, 0.5) is 0 Å². The highest BCUT2D eigenvalue weighted by molar-refractivity contribution is 5.94. The van der Waals surface area contributed by atoms with Crippen LogP contribution in [0, 0.1) is 19.8 Å². The molecule has 23 heavy (non-hydrogen) atoms. The van der Waals surface area contributed by atoms with Crippen molar-refractivity contribution in [2.45, 2.75) is 46.6 Å². The van der Waals surface area contributed by atoms with Gasteiger partial charge in [0.05, 0.1) is 11.4 Å². The van der Waals surface area contributed by atoms with Crippen molar-refractivity contribution < 1.29 is 4.79 Å². The molecule has 4 heteroatoms. The molecule has 1 aromatic carbocycles. The third kappa shape index (κ3) is 3.46. The molecule has 0 saturated heterocycles. The van der Waals surface area contributed by atoms with Gasteiger partial charge in [-0.15, -0.1) is 0 Å². The Balaban J connectivity index is 1.81. The van der Waals surface area contributed by atoms with Crippen molar-refractivity contribution in [1.29, 1.82) is 0 Å². The molecule has 122 valence electrons. The normalized spacial score (nSPS) is 14.3. The molecule has 0 N–H and O–H groups in total. The van der Waals surface area contributed by atoms with Gasteiger partial charge >= 0.3 is 0 Å². The van der Waals surface area contributed by atoms with Gasteiger partial charge in [-0.2, -0.15) is 5.10 Å². The second kappa shape index (κ2) is 6.19. The van der Waals surface area contributed by atoms with E-state index in [4.69, 9.17) is 0 Å². The first kappa shape index (κ1) is 15.8. The maximum Gasteiger partial charge on any atom is 0.254 e. The standard InChI is InChI=1S/C19H25N3O/c1-13(2)12-21(17-9-10-17)19(23)16-5-7-18(8-6-16)22-15(4)11-14(3)20-22/h5-8,11,13,17H,9-10,12H2,1-4H3. The van der Waals surface area contributed by atoms with E-state index in [-0.39, 0.29) is 5.91 Å². The zero-order valence-corrected chi connectivity index (χ0v) is 14.4. The van der Waals surface area contributed by atoms with E-state index in [0.29, 0.717) is 12.0 Å². The van der Waals surface area contributed by atoms with Crippen LogP contribution in [-0.2, 0) is 0 Å². The van der Waals surface area contributed by atoms with Crippen LogP contribution in [0.25, 0.3) is 5.69 Å². The van der Waals surface area contributed by atoms with E-state index in [1.54, 1.807) is 0 Å². The summed E-state index contributed by atoms with van der Waals surface area (Å²) in [6, 6.07) is 10.3. The van der Waals surface area contributed by atoms with Crippen LogP contribution in [0.2, 0.25) is 0 Å². The summed E-state index contributed by atoms with van der Waals surface area (Å²) in [5, 5.41) is 4.49. The first-order chi connectivity index (χ1) is 11.0. The molecule has 0 bridgehead atoms. The lowest BCUT2D eigenvalue weighted by molar-refractivity contribution is 0.0722. The van der Waals surface area contributed by atoms with Gasteiger partial charge in [-0.25, -0.2) is 4.68 Å². The molecule has 2 aromatic rings. The zero-order chi connectivity index (χ0) is 16.6. The molecule has 3 rings (SSSR count). The number of aryl methyl sites for hydroxylation is 2. The monoisotopic (exact) mass is 311 g/mol. The van der Waals surface area contributed by atoms with E-state index in [0.717, 1.165) is 42.0 Å². The van der Waals surface area contributed by atoms with Gasteiger partial charge in [0.1, 0.15) is 0 Å². The van der Waals surface area contributed by atoms with Crippen LogP contribution in [0.1, 0.15) is 48.4 Å². The first-order valence-electron chi connectivity index (χ1n) is 8.40. The first-order valence-corrected chi connectivity index (χ1v) is 8.40. The molecular weight excluding hydrogens is 286 g/mol. The Morgan fingerprint density at radius 1 is 1.26 bits per heavy atom. The Bertz CT molecular complexity index is 696. The Morgan fingerprint density at radius 3 is 2.39 bits per heavy atom. The lowest BCUT2D eigenvalue weighted by Crippen LogP contribution is -2.36. The van der Waals surface area contributed by atoms with Crippen molar-refractivity contribution in [2.75, 3.05) is 6.54 Å². The van der Waals surface area contributed by atoms with E-state index in [9.17, 15) is 4.79 Å². The quantitative estimate of drug-likeness (QED) is 0.843. The molecule has 0 aliphatic heterocycles. The summed E-state index contributed by atoms with van der Waals surface area (Å²) in [5.41, 5.74) is 3.86. The second-order valence-electron chi connectivity index (χ2n) is 6.97. The summed E-state index contributed by atoms with van der Waals surface area (Å²) in [6.07, 6.45) is 2.28. The van der Waals surface area contributed by atoms with Crippen molar-refractivity contribution >= 4 is 5.91 Å². The summed E-state index contributed by atoms with van der Waals surface area (Å²) in [6.45, 7) is 9.18. The van der Waals surface area contributed by atoms with E-state index >= 15 is 0 Å². The van der Waals surface area contributed by atoms with Crippen molar-refractivity contribution in [2.24, 2.45) is 5.92 Å². The number of carbonyl (C=O) groups excluding carboxylic acids is 1. The summed E-state index contributed by atoms with van der Waals surface area (Å²) in [5.74, 6) is 0.648. The van der Waals surface area contributed by atoms with E-state index in [2.05, 4.69) is 25.0 Å². The number of aromatic nitrogens is 2. The molecule has 0 atom stereocenters. The molecule has 1 aliphatic rings. The lowest BCUT2D eigenvalue weighted by Gasteiger charge is -2.24. The van der Waals surface area contributed by atoms with Crippen molar-refractivity contribution in [3.05, 3.63) is 47.3 Å². The average Bonchev–Trinajstić information content (AvgIpc) is 3.29. The number of carbonyl (C=O) groups is 1. The van der Waals surface area contributed by atoms with E-state index in [1.807, 2.05) is 47.7 Å². The molecular formula is C19H25N3O. The van der Waals surface area contributed by atoms with Crippen LogP contribution in [0.3, 0.4) is 0 Å². The Kier molecular flexibility index (Phi) is 4.24. The van der Waals surface area contributed by atoms with Gasteiger partial charge < -0.3 is 4.90 Å². The molecule has 0 spiro atoms. The Labute approximate surface area is 138 Å². The maximum atomic E-state index is 12.8. The third-order valence-corrected chi connectivity index (χ3v) is 4.18. The van der Waals surface area contributed by atoms with E-state index < -0.39 is 0 Å². The van der Waals surface area contributed by atoms with E-state index in [1.165, 1.54) is 0 Å². The van der Waals surface area contributed by atoms with Gasteiger partial charge in [0, 0.05) is 23.8 Å². The second-order valence-corrected chi connectivity index (χ2v) is 6.97. The fourth-order valence-corrected chi connectivity index (χ4v) is 2.98. The molecule has 1 fully saturated rings. The Morgan fingerprint density at radius 2 is 1.91 bits per heavy atom.